The lowest BCUT2D eigenvalue weighted by Crippen LogP contribution is -2.26. The molecule has 6 aromatic rings. The predicted octanol–water partition coefficient (Wildman–Crippen LogP) is 7.26. The molecule has 314 valence electrons. The molecule has 0 spiro atoms. The maximum atomic E-state index is 13.1. The molecule has 0 saturated heterocycles. The zero-order valence-electron chi connectivity index (χ0n) is 32.7. The van der Waals surface area contributed by atoms with Crippen molar-refractivity contribution in [3.8, 4) is 45.5 Å². The normalized spacial score (nSPS) is 14.1. The number of aliphatic hydroxyl groups excluding tert-OH is 1. The Balaban J connectivity index is 0.000000181. The van der Waals surface area contributed by atoms with Crippen LogP contribution in [-0.4, -0.2) is 81.0 Å². The molecule has 8 rings (SSSR count). The molecule has 2 aromatic carbocycles. The average molecular weight is 833 g/mol. The van der Waals surface area contributed by atoms with Gasteiger partial charge < -0.3 is 34.7 Å². The van der Waals surface area contributed by atoms with Gasteiger partial charge in [0.1, 0.15) is 45.4 Å². The minimum Gasteiger partial charge on any atom is -0.496 e. The highest BCUT2D eigenvalue weighted by Crippen LogP contribution is 2.39. The maximum Gasteiger partial charge on any atom is 0.387 e. The zero-order valence-corrected chi connectivity index (χ0v) is 32.7. The molecule has 0 aliphatic heterocycles. The molecule has 2 saturated carbocycles. The van der Waals surface area contributed by atoms with Crippen LogP contribution in [-0.2, 0) is 0 Å². The minimum absolute atomic E-state index is 0.0375. The third-order valence-electron chi connectivity index (χ3n) is 9.81. The van der Waals surface area contributed by atoms with Crippen LogP contribution in [0.3, 0.4) is 0 Å². The van der Waals surface area contributed by atoms with Crippen LogP contribution in [0, 0.1) is 0 Å². The van der Waals surface area contributed by atoms with E-state index in [-0.39, 0.29) is 52.0 Å². The van der Waals surface area contributed by atoms with Gasteiger partial charge >= 0.3 is 13.2 Å². The first kappa shape index (κ1) is 41.5. The fraction of sp³-hybridized carbons (Fsp3) is 0.310. The van der Waals surface area contributed by atoms with Gasteiger partial charge in [0.05, 0.1) is 44.1 Å². The highest BCUT2D eigenvalue weighted by atomic mass is 19.3. The summed E-state index contributed by atoms with van der Waals surface area (Å²) in [4.78, 5) is 45.5. The number of aromatic nitrogens is 4. The van der Waals surface area contributed by atoms with Crippen LogP contribution in [0.4, 0.5) is 17.6 Å². The van der Waals surface area contributed by atoms with Crippen molar-refractivity contribution in [2.24, 2.45) is 0 Å². The number of carbonyl (C=O) groups is 3. The van der Waals surface area contributed by atoms with Gasteiger partial charge in [-0.05, 0) is 93.6 Å². The molecule has 4 aromatic heterocycles. The molecule has 2 amide bonds. The first-order valence-electron chi connectivity index (χ1n) is 18.8. The topological polar surface area (TPSA) is 167 Å². The molecule has 0 bridgehead atoms. The number of methoxy groups -OCH3 is 2. The molecule has 2 fully saturated rings. The molecular weight excluding hydrogens is 792 g/mol. The fourth-order valence-electron chi connectivity index (χ4n) is 6.48. The van der Waals surface area contributed by atoms with Gasteiger partial charge in [-0.3, -0.25) is 23.2 Å². The Morgan fingerprint density at radius 2 is 1.13 bits per heavy atom. The van der Waals surface area contributed by atoms with E-state index in [0.29, 0.717) is 44.9 Å². The second-order valence-electron chi connectivity index (χ2n) is 14.2. The number of ether oxygens (including phenoxy) is 4. The van der Waals surface area contributed by atoms with Crippen LogP contribution in [0.1, 0.15) is 82.3 Å². The number of Topliss-reactive ketones (excluding diaryl/α,β-unsaturated/α-hetero) is 1. The lowest BCUT2D eigenvalue weighted by molar-refractivity contribution is -0.0509. The van der Waals surface area contributed by atoms with E-state index in [1.165, 1.54) is 33.3 Å². The summed E-state index contributed by atoms with van der Waals surface area (Å²) < 4.78 is 75.8. The van der Waals surface area contributed by atoms with Gasteiger partial charge in [-0.25, -0.2) is 9.97 Å². The van der Waals surface area contributed by atoms with Gasteiger partial charge in [0.15, 0.2) is 5.78 Å². The van der Waals surface area contributed by atoms with E-state index in [1.54, 1.807) is 76.9 Å². The molecule has 2 aliphatic rings. The monoisotopic (exact) mass is 832 g/mol. The summed E-state index contributed by atoms with van der Waals surface area (Å²) in [6.45, 7) is -3.11. The molecule has 14 nitrogen and oxygen atoms in total. The van der Waals surface area contributed by atoms with E-state index in [1.807, 2.05) is 0 Å². The van der Waals surface area contributed by atoms with Gasteiger partial charge in [0, 0.05) is 41.2 Å². The number of rotatable bonds is 14. The lowest BCUT2D eigenvalue weighted by Gasteiger charge is -2.16. The predicted molar refractivity (Wildman–Crippen MR) is 209 cm³/mol. The van der Waals surface area contributed by atoms with Crippen LogP contribution in [0.2, 0.25) is 0 Å². The number of carbonyl (C=O) groups excluding carboxylic acids is 3. The number of hydrogen-bond donors (Lipinski definition) is 3. The van der Waals surface area contributed by atoms with E-state index >= 15 is 0 Å². The molecule has 1 unspecified atom stereocenters. The van der Waals surface area contributed by atoms with Gasteiger partial charge in [-0.15, -0.1) is 0 Å². The largest absolute Gasteiger partial charge is 0.496 e. The highest BCUT2D eigenvalue weighted by Gasteiger charge is 2.31. The number of halogens is 4. The summed E-state index contributed by atoms with van der Waals surface area (Å²) >= 11 is 0. The van der Waals surface area contributed by atoms with Gasteiger partial charge in [-0.2, -0.15) is 17.6 Å². The summed E-state index contributed by atoms with van der Waals surface area (Å²) in [6.07, 6.45) is 9.28. The summed E-state index contributed by atoms with van der Waals surface area (Å²) in [5.74, 6) is -1.46. The second-order valence-corrected chi connectivity index (χ2v) is 14.2. The molecule has 1 atom stereocenters. The third kappa shape index (κ3) is 9.12. The first-order chi connectivity index (χ1) is 28.7. The number of hydrogen-bond acceptors (Lipinski definition) is 10. The van der Waals surface area contributed by atoms with Crippen molar-refractivity contribution < 1.29 is 56.0 Å². The Hall–Kier alpha value is -6.69. The summed E-state index contributed by atoms with van der Waals surface area (Å²) in [5.41, 5.74) is 4.26. The number of fused-ring (bicyclic) bond motifs is 2. The van der Waals surface area contributed by atoms with Crippen molar-refractivity contribution >= 4 is 28.9 Å². The summed E-state index contributed by atoms with van der Waals surface area (Å²) in [7, 11) is 2.72. The van der Waals surface area contributed by atoms with E-state index in [9.17, 15) is 37.1 Å². The number of nitrogens with zero attached hydrogens (tertiary/aromatic N) is 4. The maximum absolute atomic E-state index is 13.1. The molecule has 18 heteroatoms. The van der Waals surface area contributed by atoms with E-state index in [0.717, 1.165) is 25.7 Å². The molecule has 2 aliphatic carbocycles. The Kier molecular flexibility index (Phi) is 11.9. The Labute approximate surface area is 340 Å². The number of aliphatic hydroxyl groups is 1. The summed E-state index contributed by atoms with van der Waals surface area (Å²) in [5, 5.41) is 15.3. The quantitative estimate of drug-likeness (QED) is 0.0751. The Morgan fingerprint density at radius 1 is 0.700 bits per heavy atom. The van der Waals surface area contributed by atoms with E-state index in [2.05, 4.69) is 30.1 Å². The summed E-state index contributed by atoms with van der Waals surface area (Å²) in [6, 6.07) is 12.7. The van der Waals surface area contributed by atoms with Crippen molar-refractivity contribution in [1.29, 1.82) is 0 Å². The Bertz CT molecular complexity index is 2580. The number of imidazole rings is 2. The highest BCUT2D eigenvalue weighted by molar-refractivity contribution is 6.02. The van der Waals surface area contributed by atoms with Crippen molar-refractivity contribution in [3.63, 3.8) is 0 Å². The SMILES string of the molecule is COc1cc(-c2cnc3cc(C(C)=O)ccn23)cc(OC(F)F)c1C(=O)NC1CC1.COc1cc(-c2cnc3cc(C(C)O)ccn23)cc(OC(F)F)c1C(=O)NC1CC1. The van der Waals surface area contributed by atoms with Crippen LogP contribution in [0.15, 0.2) is 73.3 Å². The van der Waals surface area contributed by atoms with Crippen LogP contribution in [0.25, 0.3) is 33.8 Å². The smallest absolute Gasteiger partial charge is 0.387 e. The van der Waals surface area contributed by atoms with Crippen molar-refractivity contribution in [2.75, 3.05) is 14.2 Å². The molecule has 60 heavy (non-hydrogen) atoms. The van der Waals surface area contributed by atoms with Crippen molar-refractivity contribution in [3.05, 3.63) is 95.6 Å². The first-order valence-corrected chi connectivity index (χ1v) is 18.8. The lowest BCUT2D eigenvalue weighted by atomic mass is 10.1. The van der Waals surface area contributed by atoms with Crippen molar-refractivity contribution in [1.82, 2.24) is 29.4 Å². The zero-order chi connectivity index (χ0) is 42.8. The molecule has 4 heterocycles. The van der Waals surface area contributed by atoms with E-state index < -0.39 is 31.1 Å². The third-order valence-corrected chi connectivity index (χ3v) is 9.81. The second kappa shape index (κ2) is 17.3. The molecular formula is C42H40F4N6O8. The average Bonchev–Trinajstić information content (AvgIpc) is 4.12. The van der Waals surface area contributed by atoms with Gasteiger partial charge in [0.2, 0.25) is 0 Å². The van der Waals surface area contributed by atoms with Gasteiger partial charge in [-0.1, -0.05) is 0 Å². The van der Waals surface area contributed by atoms with Crippen LogP contribution < -0.4 is 29.6 Å². The molecule has 3 N–H and O–H groups in total. The number of amides is 2. The fourth-order valence-corrected chi connectivity index (χ4v) is 6.48. The van der Waals surface area contributed by atoms with Crippen molar-refractivity contribution in [2.45, 2.75) is 70.9 Å². The van der Waals surface area contributed by atoms with Crippen LogP contribution in [0.5, 0.6) is 23.0 Å². The minimum atomic E-state index is -3.11. The number of ketones is 1. The van der Waals surface area contributed by atoms with Gasteiger partial charge in [0.25, 0.3) is 11.8 Å². The number of alkyl halides is 4. The number of nitrogens with one attached hydrogen (secondary N) is 2. The van der Waals surface area contributed by atoms with E-state index in [4.69, 9.17) is 9.47 Å². The van der Waals surface area contributed by atoms with Crippen LogP contribution >= 0.6 is 0 Å². The number of benzene rings is 2. The Morgan fingerprint density at radius 3 is 1.53 bits per heavy atom. The number of pyridine rings is 2. The standard InChI is InChI=1S/C21H21F2N3O4.C21H19F2N3O4/c2*1-11(27)12-5-6-26-15(10-24-18(26)9-12)13-7-16(29-2)19(17(8-13)30-21(22)23)20(28)25-14-3-4-14/h5-11,14,21,27H,3-4H2,1-2H3,(H,25,28);5-10,14,21H,3-4H2,1-2H3,(H,25,28). The molecule has 0 radical (unpaired) electrons.